The standard InChI is InChI=1S/C12H17N3O3/c1-15-7-8(6-14-15)3-2-4-13-11(16)9-5-10(9)12(17)18/h6-7,9-10H,2-5H2,1H3,(H,13,16)(H,17,18). The molecule has 1 aromatic heterocycles. The van der Waals surface area contributed by atoms with Crippen molar-refractivity contribution in [1.82, 2.24) is 15.1 Å². The fourth-order valence-corrected chi connectivity index (χ4v) is 1.99. The summed E-state index contributed by atoms with van der Waals surface area (Å²) in [6.45, 7) is 0.580. The Morgan fingerprint density at radius 3 is 2.89 bits per heavy atom. The zero-order chi connectivity index (χ0) is 13.1. The molecule has 1 fully saturated rings. The molecule has 0 bridgehead atoms. The third-order valence-corrected chi connectivity index (χ3v) is 3.14. The molecule has 0 radical (unpaired) electrons. The van der Waals surface area contributed by atoms with E-state index < -0.39 is 11.9 Å². The molecule has 0 aliphatic heterocycles. The molecule has 6 nitrogen and oxygen atoms in total. The second-order valence-corrected chi connectivity index (χ2v) is 4.70. The van der Waals surface area contributed by atoms with Gasteiger partial charge in [-0.1, -0.05) is 0 Å². The number of carboxylic acid groups (broad SMARTS) is 1. The summed E-state index contributed by atoms with van der Waals surface area (Å²) in [7, 11) is 1.87. The van der Waals surface area contributed by atoms with Crippen LogP contribution >= 0.6 is 0 Å². The van der Waals surface area contributed by atoms with Crippen molar-refractivity contribution in [2.24, 2.45) is 18.9 Å². The van der Waals surface area contributed by atoms with Crippen LogP contribution < -0.4 is 5.32 Å². The van der Waals surface area contributed by atoms with Crippen LogP contribution in [0.1, 0.15) is 18.4 Å². The van der Waals surface area contributed by atoms with Gasteiger partial charge in [-0.3, -0.25) is 14.3 Å². The smallest absolute Gasteiger partial charge is 0.307 e. The number of carbonyl (C=O) groups is 2. The Kier molecular flexibility index (Phi) is 3.64. The molecule has 2 atom stereocenters. The van der Waals surface area contributed by atoms with Gasteiger partial charge in [0.2, 0.25) is 5.91 Å². The minimum absolute atomic E-state index is 0.131. The van der Waals surface area contributed by atoms with Gasteiger partial charge in [0, 0.05) is 19.8 Å². The van der Waals surface area contributed by atoms with Gasteiger partial charge in [-0.2, -0.15) is 5.10 Å². The zero-order valence-corrected chi connectivity index (χ0v) is 10.3. The maximum atomic E-state index is 11.5. The van der Waals surface area contributed by atoms with E-state index in [1.54, 1.807) is 4.68 Å². The van der Waals surface area contributed by atoms with Gasteiger partial charge in [0.1, 0.15) is 0 Å². The van der Waals surface area contributed by atoms with Crippen molar-refractivity contribution >= 4 is 11.9 Å². The fourth-order valence-electron chi connectivity index (χ4n) is 1.99. The first-order valence-electron chi connectivity index (χ1n) is 6.06. The number of nitrogens with zero attached hydrogens (tertiary/aromatic N) is 2. The number of carboxylic acids is 1. The molecule has 6 heteroatoms. The highest BCUT2D eigenvalue weighted by atomic mass is 16.4. The highest BCUT2D eigenvalue weighted by Gasteiger charge is 2.48. The van der Waals surface area contributed by atoms with Crippen molar-refractivity contribution in [3.63, 3.8) is 0 Å². The SMILES string of the molecule is Cn1cc(CCCNC(=O)C2CC2C(=O)O)cn1. The lowest BCUT2D eigenvalue weighted by Gasteiger charge is -2.03. The number of hydrogen-bond donors (Lipinski definition) is 2. The summed E-state index contributed by atoms with van der Waals surface area (Å²) in [4.78, 5) is 22.1. The third-order valence-electron chi connectivity index (χ3n) is 3.14. The molecule has 1 amide bonds. The van der Waals surface area contributed by atoms with Crippen molar-refractivity contribution < 1.29 is 14.7 Å². The number of rotatable bonds is 6. The largest absolute Gasteiger partial charge is 0.481 e. The summed E-state index contributed by atoms with van der Waals surface area (Å²) < 4.78 is 1.75. The summed E-state index contributed by atoms with van der Waals surface area (Å²) in [5.41, 5.74) is 1.14. The molecule has 1 aromatic rings. The summed E-state index contributed by atoms with van der Waals surface area (Å²) in [5, 5.41) is 15.5. The van der Waals surface area contributed by atoms with Gasteiger partial charge in [0.05, 0.1) is 18.0 Å². The van der Waals surface area contributed by atoms with E-state index in [1.807, 2.05) is 19.4 Å². The second kappa shape index (κ2) is 5.20. The van der Waals surface area contributed by atoms with Crippen LogP contribution in [0.3, 0.4) is 0 Å². The van der Waals surface area contributed by atoms with Crippen molar-refractivity contribution in [3.8, 4) is 0 Å². The van der Waals surface area contributed by atoms with Crippen LogP contribution in [-0.4, -0.2) is 33.3 Å². The lowest BCUT2D eigenvalue weighted by Crippen LogP contribution is -2.27. The van der Waals surface area contributed by atoms with Crippen LogP contribution in [0.15, 0.2) is 12.4 Å². The van der Waals surface area contributed by atoms with E-state index in [-0.39, 0.29) is 11.8 Å². The number of amides is 1. The summed E-state index contributed by atoms with van der Waals surface area (Å²) in [6, 6.07) is 0. The Bertz CT molecular complexity index is 455. The van der Waals surface area contributed by atoms with E-state index in [4.69, 9.17) is 5.11 Å². The first-order chi connectivity index (χ1) is 8.58. The number of aromatic nitrogens is 2. The Hall–Kier alpha value is -1.85. The average molecular weight is 251 g/mol. The molecule has 2 rings (SSSR count). The molecule has 2 unspecified atom stereocenters. The highest BCUT2D eigenvalue weighted by Crippen LogP contribution is 2.38. The number of carbonyl (C=O) groups excluding carboxylic acids is 1. The van der Waals surface area contributed by atoms with Crippen LogP contribution in [0.25, 0.3) is 0 Å². The second-order valence-electron chi connectivity index (χ2n) is 4.70. The molecule has 0 aromatic carbocycles. The van der Waals surface area contributed by atoms with E-state index in [1.165, 1.54) is 0 Å². The monoisotopic (exact) mass is 251 g/mol. The zero-order valence-electron chi connectivity index (χ0n) is 10.3. The van der Waals surface area contributed by atoms with Gasteiger partial charge in [0.15, 0.2) is 0 Å². The van der Waals surface area contributed by atoms with Crippen molar-refractivity contribution in [2.45, 2.75) is 19.3 Å². The van der Waals surface area contributed by atoms with E-state index in [2.05, 4.69) is 10.4 Å². The predicted octanol–water partition coefficient (Wildman–Crippen LogP) is 0.190. The molecular weight excluding hydrogens is 234 g/mol. The van der Waals surface area contributed by atoms with Gasteiger partial charge in [-0.15, -0.1) is 0 Å². The number of aryl methyl sites for hydroxylation is 2. The quantitative estimate of drug-likeness (QED) is 0.707. The highest BCUT2D eigenvalue weighted by molar-refractivity contribution is 5.89. The van der Waals surface area contributed by atoms with Crippen molar-refractivity contribution in [1.29, 1.82) is 0 Å². The Morgan fingerprint density at radius 2 is 2.33 bits per heavy atom. The Morgan fingerprint density at radius 1 is 1.56 bits per heavy atom. The summed E-state index contributed by atoms with van der Waals surface area (Å²) in [5.74, 6) is -1.79. The van der Waals surface area contributed by atoms with Crippen LogP contribution in [0, 0.1) is 11.8 Å². The van der Waals surface area contributed by atoms with Gasteiger partial charge in [-0.25, -0.2) is 0 Å². The van der Waals surface area contributed by atoms with Crippen LogP contribution in [-0.2, 0) is 23.1 Å². The maximum absolute atomic E-state index is 11.5. The number of hydrogen-bond acceptors (Lipinski definition) is 3. The summed E-state index contributed by atoms with van der Waals surface area (Å²) in [6.07, 6.45) is 5.93. The van der Waals surface area contributed by atoms with Crippen molar-refractivity contribution in [3.05, 3.63) is 18.0 Å². The molecule has 2 N–H and O–H groups in total. The number of aliphatic carboxylic acids is 1. The molecule has 18 heavy (non-hydrogen) atoms. The van der Waals surface area contributed by atoms with Crippen molar-refractivity contribution in [2.75, 3.05) is 6.54 Å². The Labute approximate surface area is 105 Å². The maximum Gasteiger partial charge on any atom is 0.307 e. The average Bonchev–Trinajstić information content (AvgIpc) is 3.03. The van der Waals surface area contributed by atoms with Gasteiger partial charge >= 0.3 is 5.97 Å². The van der Waals surface area contributed by atoms with Crippen LogP contribution in [0.4, 0.5) is 0 Å². The lowest BCUT2D eigenvalue weighted by molar-refractivity contribution is -0.140. The van der Waals surface area contributed by atoms with E-state index >= 15 is 0 Å². The van der Waals surface area contributed by atoms with Crippen LogP contribution in [0.2, 0.25) is 0 Å². The Balaban J connectivity index is 1.61. The molecule has 1 saturated carbocycles. The van der Waals surface area contributed by atoms with Gasteiger partial charge in [0.25, 0.3) is 0 Å². The molecule has 0 spiro atoms. The van der Waals surface area contributed by atoms with E-state index in [0.29, 0.717) is 13.0 Å². The topological polar surface area (TPSA) is 84.2 Å². The summed E-state index contributed by atoms with van der Waals surface area (Å²) >= 11 is 0. The minimum Gasteiger partial charge on any atom is -0.481 e. The van der Waals surface area contributed by atoms with Crippen LogP contribution in [0.5, 0.6) is 0 Å². The first kappa shape index (κ1) is 12.6. The molecule has 0 saturated heterocycles. The molecule has 1 aliphatic rings. The molecule has 1 heterocycles. The lowest BCUT2D eigenvalue weighted by atomic mass is 10.2. The van der Waals surface area contributed by atoms with E-state index in [9.17, 15) is 9.59 Å². The first-order valence-corrected chi connectivity index (χ1v) is 6.06. The molecular formula is C12H17N3O3. The minimum atomic E-state index is -0.870. The number of nitrogens with one attached hydrogen (secondary N) is 1. The molecule has 98 valence electrons. The third kappa shape index (κ3) is 3.09. The predicted molar refractivity (Wildman–Crippen MR) is 63.8 cm³/mol. The van der Waals surface area contributed by atoms with Gasteiger partial charge in [-0.05, 0) is 24.8 Å². The fraction of sp³-hybridized carbons (Fsp3) is 0.583. The van der Waals surface area contributed by atoms with E-state index in [0.717, 1.165) is 18.4 Å². The van der Waals surface area contributed by atoms with Gasteiger partial charge < -0.3 is 10.4 Å². The normalized spacial score (nSPS) is 21.6. The molecule has 1 aliphatic carbocycles.